The summed E-state index contributed by atoms with van der Waals surface area (Å²) in [5.74, 6) is -0.895. The molecular formula is C11H15BrN2O2. The fraction of sp³-hybridized carbons (Fsp3) is 0.364. The van der Waals surface area contributed by atoms with Crippen LogP contribution in [0.4, 0.5) is 5.69 Å². The molecule has 0 aliphatic rings. The van der Waals surface area contributed by atoms with Gasteiger partial charge in [0, 0.05) is 35.9 Å². The molecule has 1 unspecified atom stereocenters. The summed E-state index contributed by atoms with van der Waals surface area (Å²) in [6.07, 6.45) is -0.0799. The lowest BCUT2D eigenvalue weighted by atomic mass is 10.0. The van der Waals surface area contributed by atoms with Crippen molar-refractivity contribution in [2.45, 2.75) is 12.5 Å². The van der Waals surface area contributed by atoms with Gasteiger partial charge in [-0.05, 0) is 12.1 Å². The van der Waals surface area contributed by atoms with Gasteiger partial charge in [0.15, 0.2) is 0 Å². The van der Waals surface area contributed by atoms with E-state index >= 15 is 0 Å². The van der Waals surface area contributed by atoms with Crippen LogP contribution in [0.15, 0.2) is 22.7 Å². The molecule has 0 saturated carbocycles. The third kappa shape index (κ3) is 2.96. The minimum atomic E-state index is -0.895. The molecule has 0 aliphatic heterocycles. The maximum atomic E-state index is 10.7. The molecule has 1 rings (SSSR count). The minimum Gasteiger partial charge on any atom is -0.481 e. The van der Waals surface area contributed by atoms with Crippen LogP contribution in [0.3, 0.4) is 0 Å². The van der Waals surface area contributed by atoms with Gasteiger partial charge in [-0.25, -0.2) is 0 Å². The number of nitrogens with two attached hydrogens (primary N) is 1. The highest BCUT2D eigenvalue weighted by molar-refractivity contribution is 9.10. The quantitative estimate of drug-likeness (QED) is 0.888. The molecule has 88 valence electrons. The average Bonchev–Trinajstić information content (AvgIpc) is 2.15. The number of benzene rings is 1. The lowest BCUT2D eigenvalue weighted by Gasteiger charge is -2.22. The Kier molecular flexibility index (Phi) is 4.32. The lowest BCUT2D eigenvalue weighted by Crippen LogP contribution is -2.20. The summed E-state index contributed by atoms with van der Waals surface area (Å²) >= 11 is 3.41. The van der Waals surface area contributed by atoms with Crippen LogP contribution in [0.5, 0.6) is 0 Å². The smallest absolute Gasteiger partial charge is 0.305 e. The van der Waals surface area contributed by atoms with Crippen molar-refractivity contribution in [3.05, 3.63) is 28.2 Å². The topological polar surface area (TPSA) is 66.6 Å². The molecule has 0 bridgehead atoms. The van der Waals surface area contributed by atoms with Crippen molar-refractivity contribution in [2.24, 2.45) is 5.73 Å². The van der Waals surface area contributed by atoms with Crippen LogP contribution in [0, 0.1) is 0 Å². The summed E-state index contributed by atoms with van der Waals surface area (Å²) in [4.78, 5) is 12.6. The van der Waals surface area contributed by atoms with Crippen molar-refractivity contribution in [3.8, 4) is 0 Å². The Balaban J connectivity index is 3.14. The molecule has 0 saturated heterocycles. The Morgan fingerprint density at radius 3 is 2.69 bits per heavy atom. The van der Waals surface area contributed by atoms with Crippen molar-refractivity contribution in [2.75, 3.05) is 19.0 Å². The Bertz CT molecular complexity index is 394. The summed E-state index contributed by atoms with van der Waals surface area (Å²) in [5.41, 5.74) is 7.66. The van der Waals surface area contributed by atoms with Gasteiger partial charge in [0.2, 0.25) is 0 Å². The Morgan fingerprint density at radius 1 is 1.56 bits per heavy atom. The zero-order valence-electron chi connectivity index (χ0n) is 9.27. The fourth-order valence-electron chi connectivity index (χ4n) is 1.57. The van der Waals surface area contributed by atoms with E-state index in [1.54, 1.807) is 0 Å². The molecule has 0 aliphatic carbocycles. The summed E-state index contributed by atoms with van der Waals surface area (Å²) in [5, 5.41) is 8.76. The third-order valence-corrected chi connectivity index (χ3v) is 2.97. The molecule has 1 aromatic rings. The Labute approximate surface area is 103 Å². The predicted molar refractivity (Wildman–Crippen MR) is 67.7 cm³/mol. The number of carboxylic acid groups (broad SMARTS) is 1. The molecule has 0 radical (unpaired) electrons. The maximum absolute atomic E-state index is 10.7. The number of carboxylic acids is 1. The van der Waals surface area contributed by atoms with Crippen LogP contribution < -0.4 is 10.6 Å². The predicted octanol–water partition coefficient (Wildman–Crippen LogP) is 1.99. The van der Waals surface area contributed by atoms with E-state index in [2.05, 4.69) is 15.9 Å². The molecule has 0 amide bonds. The first kappa shape index (κ1) is 13.0. The van der Waals surface area contributed by atoms with E-state index in [0.29, 0.717) is 0 Å². The SMILES string of the molecule is CN(C)c1cccc(Br)c1C(N)CC(=O)O. The first-order chi connectivity index (χ1) is 7.43. The summed E-state index contributed by atoms with van der Waals surface area (Å²) in [6, 6.07) is 5.17. The van der Waals surface area contributed by atoms with Crippen molar-refractivity contribution >= 4 is 27.6 Å². The van der Waals surface area contributed by atoms with Gasteiger partial charge in [0.1, 0.15) is 0 Å². The van der Waals surface area contributed by atoms with Crippen LogP contribution in [0.25, 0.3) is 0 Å². The van der Waals surface area contributed by atoms with Crippen LogP contribution in [-0.2, 0) is 4.79 Å². The van der Waals surface area contributed by atoms with Gasteiger partial charge >= 0.3 is 5.97 Å². The van der Waals surface area contributed by atoms with E-state index in [9.17, 15) is 4.79 Å². The molecule has 3 N–H and O–H groups in total. The molecule has 16 heavy (non-hydrogen) atoms. The molecule has 0 fully saturated rings. The minimum absolute atomic E-state index is 0.0799. The monoisotopic (exact) mass is 286 g/mol. The number of carbonyl (C=O) groups is 1. The van der Waals surface area contributed by atoms with E-state index in [1.807, 2.05) is 37.2 Å². The molecule has 1 aromatic carbocycles. The van der Waals surface area contributed by atoms with Gasteiger partial charge < -0.3 is 15.7 Å². The van der Waals surface area contributed by atoms with Gasteiger partial charge in [0.05, 0.1) is 6.42 Å². The van der Waals surface area contributed by atoms with Crippen molar-refractivity contribution in [1.82, 2.24) is 0 Å². The molecule has 0 spiro atoms. The van der Waals surface area contributed by atoms with Crippen molar-refractivity contribution in [3.63, 3.8) is 0 Å². The van der Waals surface area contributed by atoms with Gasteiger partial charge in [-0.1, -0.05) is 22.0 Å². The van der Waals surface area contributed by atoms with Crippen LogP contribution in [-0.4, -0.2) is 25.2 Å². The van der Waals surface area contributed by atoms with Crippen LogP contribution in [0.2, 0.25) is 0 Å². The van der Waals surface area contributed by atoms with Crippen LogP contribution >= 0.6 is 15.9 Å². The van der Waals surface area contributed by atoms with Crippen molar-refractivity contribution < 1.29 is 9.90 Å². The molecular weight excluding hydrogens is 272 g/mol. The first-order valence-electron chi connectivity index (χ1n) is 4.86. The van der Waals surface area contributed by atoms with Crippen molar-refractivity contribution in [1.29, 1.82) is 0 Å². The zero-order chi connectivity index (χ0) is 12.3. The molecule has 4 nitrogen and oxygen atoms in total. The number of rotatable bonds is 4. The van der Waals surface area contributed by atoms with Crippen LogP contribution in [0.1, 0.15) is 18.0 Å². The highest BCUT2D eigenvalue weighted by atomic mass is 79.9. The highest BCUT2D eigenvalue weighted by Crippen LogP contribution is 2.32. The third-order valence-electron chi connectivity index (χ3n) is 2.28. The van der Waals surface area contributed by atoms with E-state index in [1.165, 1.54) is 0 Å². The number of hydrogen-bond acceptors (Lipinski definition) is 3. The number of hydrogen-bond donors (Lipinski definition) is 2. The first-order valence-corrected chi connectivity index (χ1v) is 5.66. The summed E-state index contributed by atoms with van der Waals surface area (Å²) in [6.45, 7) is 0. The second kappa shape index (κ2) is 5.32. The summed E-state index contributed by atoms with van der Waals surface area (Å²) < 4.78 is 0.840. The second-order valence-electron chi connectivity index (χ2n) is 3.77. The zero-order valence-corrected chi connectivity index (χ0v) is 10.9. The van der Waals surface area contributed by atoms with Gasteiger partial charge in [-0.2, -0.15) is 0 Å². The normalized spacial score (nSPS) is 12.2. The van der Waals surface area contributed by atoms with Gasteiger partial charge in [-0.15, -0.1) is 0 Å². The largest absolute Gasteiger partial charge is 0.481 e. The van der Waals surface area contributed by atoms with E-state index in [4.69, 9.17) is 10.8 Å². The number of nitrogens with zero attached hydrogens (tertiary/aromatic N) is 1. The maximum Gasteiger partial charge on any atom is 0.305 e. The number of halogens is 1. The standard InChI is InChI=1S/C11H15BrN2O2/c1-14(2)9-5-3-4-7(12)11(9)8(13)6-10(15)16/h3-5,8H,6,13H2,1-2H3,(H,15,16). The van der Waals surface area contributed by atoms with Gasteiger partial charge in [-0.3, -0.25) is 4.79 Å². The summed E-state index contributed by atoms with van der Waals surface area (Å²) in [7, 11) is 3.80. The second-order valence-corrected chi connectivity index (χ2v) is 4.63. The average molecular weight is 287 g/mol. The Hall–Kier alpha value is -1.07. The molecule has 0 heterocycles. The Morgan fingerprint density at radius 2 is 2.19 bits per heavy atom. The van der Waals surface area contributed by atoms with E-state index in [0.717, 1.165) is 15.7 Å². The lowest BCUT2D eigenvalue weighted by molar-refractivity contribution is -0.137. The van der Waals surface area contributed by atoms with E-state index in [-0.39, 0.29) is 6.42 Å². The molecule has 1 atom stereocenters. The van der Waals surface area contributed by atoms with Gasteiger partial charge in [0.25, 0.3) is 0 Å². The number of anilines is 1. The molecule has 0 aromatic heterocycles. The number of aliphatic carboxylic acids is 1. The molecule has 5 heteroatoms. The highest BCUT2D eigenvalue weighted by Gasteiger charge is 2.18. The van der Waals surface area contributed by atoms with E-state index < -0.39 is 12.0 Å². The fourth-order valence-corrected chi connectivity index (χ4v) is 2.22.